The Morgan fingerprint density at radius 3 is 2.50 bits per heavy atom. The van der Waals surface area contributed by atoms with Gasteiger partial charge in [-0.1, -0.05) is 12.1 Å². The summed E-state index contributed by atoms with van der Waals surface area (Å²) in [6.07, 6.45) is 0. The summed E-state index contributed by atoms with van der Waals surface area (Å²) in [7, 11) is 0. The van der Waals surface area contributed by atoms with Gasteiger partial charge in [-0.3, -0.25) is 4.98 Å². The maximum atomic E-state index is 5.74. The zero-order chi connectivity index (χ0) is 20.4. The highest BCUT2D eigenvalue weighted by atomic mass is 16.5. The van der Waals surface area contributed by atoms with E-state index in [1.54, 1.807) is 0 Å². The second kappa shape index (κ2) is 11.2. The number of nitrogens with one attached hydrogen (secondary N) is 2. The Balaban J connectivity index is 2.13. The number of hydrogen-bond donors (Lipinski definition) is 2. The number of ether oxygens (including phenoxy) is 2. The van der Waals surface area contributed by atoms with Crippen LogP contribution in [0.1, 0.15) is 50.7 Å². The van der Waals surface area contributed by atoms with Crippen LogP contribution < -0.4 is 20.1 Å². The summed E-state index contributed by atoms with van der Waals surface area (Å²) in [6.45, 7) is 12.6. The van der Waals surface area contributed by atoms with Crippen LogP contribution in [0.15, 0.2) is 41.4 Å². The highest BCUT2D eigenvalue weighted by molar-refractivity contribution is 5.80. The van der Waals surface area contributed by atoms with Crippen molar-refractivity contribution < 1.29 is 9.47 Å². The molecule has 0 amide bonds. The maximum absolute atomic E-state index is 5.74. The number of rotatable bonds is 9. The molecule has 6 heteroatoms. The van der Waals surface area contributed by atoms with Gasteiger partial charge in [0, 0.05) is 12.2 Å². The molecule has 0 fully saturated rings. The van der Waals surface area contributed by atoms with Gasteiger partial charge in [-0.25, -0.2) is 4.99 Å². The van der Waals surface area contributed by atoms with E-state index < -0.39 is 0 Å². The quantitative estimate of drug-likeness (QED) is 0.505. The first-order valence-corrected chi connectivity index (χ1v) is 9.94. The van der Waals surface area contributed by atoms with Gasteiger partial charge in [-0.15, -0.1) is 0 Å². The molecule has 0 radical (unpaired) electrons. The fraction of sp³-hybridized carbons (Fsp3) is 0.455. The second-order valence-electron chi connectivity index (χ2n) is 6.40. The van der Waals surface area contributed by atoms with E-state index in [0.717, 1.165) is 41.0 Å². The standard InChI is InChI=1S/C22H32N4O2/c1-6-23-22(24-15-19-11-9-10-16(4)25-19)26-17(5)18-12-13-20(27-7-2)21(14-18)28-8-3/h9-14,17H,6-8,15H2,1-5H3,(H2,23,24,26). The van der Waals surface area contributed by atoms with Crippen LogP contribution in [0.2, 0.25) is 0 Å². The van der Waals surface area contributed by atoms with Gasteiger partial charge in [-0.05, 0) is 64.4 Å². The molecule has 1 aromatic heterocycles. The monoisotopic (exact) mass is 384 g/mol. The van der Waals surface area contributed by atoms with E-state index >= 15 is 0 Å². The van der Waals surface area contributed by atoms with Crippen molar-refractivity contribution in [3.05, 3.63) is 53.3 Å². The Labute approximate surface area is 168 Å². The molecule has 0 saturated carbocycles. The van der Waals surface area contributed by atoms with Crippen LogP contribution in [0.4, 0.5) is 0 Å². The Kier molecular flexibility index (Phi) is 8.59. The van der Waals surface area contributed by atoms with Crippen LogP contribution in [0.3, 0.4) is 0 Å². The average molecular weight is 385 g/mol. The smallest absolute Gasteiger partial charge is 0.192 e. The Morgan fingerprint density at radius 2 is 1.82 bits per heavy atom. The highest BCUT2D eigenvalue weighted by Gasteiger charge is 2.12. The molecule has 0 saturated heterocycles. The zero-order valence-corrected chi connectivity index (χ0v) is 17.6. The van der Waals surface area contributed by atoms with Crippen LogP contribution in [0.25, 0.3) is 0 Å². The van der Waals surface area contributed by atoms with Crippen molar-refractivity contribution >= 4 is 5.96 Å². The third-order valence-electron chi connectivity index (χ3n) is 4.11. The van der Waals surface area contributed by atoms with Gasteiger partial charge in [-0.2, -0.15) is 0 Å². The summed E-state index contributed by atoms with van der Waals surface area (Å²) < 4.78 is 11.4. The molecule has 2 rings (SSSR count). The normalized spacial score (nSPS) is 12.4. The molecule has 0 spiro atoms. The number of hydrogen-bond acceptors (Lipinski definition) is 4. The number of aryl methyl sites for hydroxylation is 1. The summed E-state index contributed by atoms with van der Waals surface area (Å²) in [5, 5.41) is 6.75. The first kappa shape index (κ1) is 21.5. The molecule has 6 nitrogen and oxygen atoms in total. The Morgan fingerprint density at radius 1 is 1.07 bits per heavy atom. The van der Waals surface area contributed by atoms with E-state index in [0.29, 0.717) is 19.8 Å². The van der Waals surface area contributed by atoms with Crippen LogP contribution in [0, 0.1) is 6.92 Å². The molecule has 1 unspecified atom stereocenters. The summed E-state index contributed by atoms with van der Waals surface area (Å²) in [6, 6.07) is 12.1. The lowest BCUT2D eigenvalue weighted by molar-refractivity contribution is 0.287. The largest absolute Gasteiger partial charge is 0.490 e. The maximum Gasteiger partial charge on any atom is 0.192 e. The highest BCUT2D eigenvalue weighted by Crippen LogP contribution is 2.30. The molecule has 0 aliphatic rings. The molecule has 0 bridgehead atoms. The summed E-state index contributed by atoms with van der Waals surface area (Å²) in [5.74, 6) is 2.29. The summed E-state index contributed by atoms with van der Waals surface area (Å²) >= 11 is 0. The van der Waals surface area contributed by atoms with Gasteiger partial charge in [0.15, 0.2) is 17.5 Å². The van der Waals surface area contributed by atoms with Gasteiger partial charge in [0.25, 0.3) is 0 Å². The fourth-order valence-corrected chi connectivity index (χ4v) is 2.79. The number of pyridine rings is 1. The van der Waals surface area contributed by atoms with E-state index in [2.05, 4.69) is 40.5 Å². The van der Waals surface area contributed by atoms with Crippen LogP contribution >= 0.6 is 0 Å². The van der Waals surface area contributed by atoms with Crippen molar-refractivity contribution in [2.45, 2.75) is 47.2 Å². The van der Waals surface area contributed by atoms with Crippen molar-refractivity contribution in [1.82, 2.24) is 15.6 Å². The molecule has 0 aliphatic carbocycles. The van der Waals surface area contributed by atoms with Crippen LogP contribution in [-0.2, 0) is 6.54 Å². The van der Waals surface area contributed by atoms with Crippen molar-refractivity contribution in [1.29, 1.82) is 0 Å². The molecule has 1 aromatic carbocycles. The van der Waals surface area contributed by atoms with Gasteiger partial charge in [0.1, 0.15) is 0 Å². The van der Waals surface area contributed by atoms with Crippen molar-refractivity contribution in [2.24, 2.45) is 4.99 Å². The lowest BCUT2D eigenvalue weighted by atomic mass is 10.1. The minimum Gasteiger partial charge on any atom is -0.490 e. The molecule has 0 aliphatic heterocycles. The lowest BCUT2D eigenvalue weighted by Crippen LogP contribution is -2.38. The van der Waals surface area contributed by atoms with E-state index in [4.69, 9.17) is 9.47 Å². The molecular formula is C22H32N4O2. The molecule has 2 N–H and O–H groups in total. The summed E-state index contributed by atoms with van der Waals surface area (Å²) in [5.41, 5.74) is 3.05. The number of aliphatic imine (C=N–C) groups is 1. The molecule has 1 heterocycles. The van der Waals surface area contributed by atoms with Crippen molar-refractivity contribution in [3.8, 4) is 11.5 Å². The molecule has 2 aromatic rings. The molecule has 28 heavy (non-hydrogen) atoms. The first-order chi connectivity index (χ1) is 13.6. The van der Waals surface area contributed by atoms with Gasteiger partial charge in [0.2, 0.25) is 0 Å². The van der Waals surface area contributed by atoms with Gasteiger partial charge >= 0.3 is 0 Å². The van der Waals surface area contributed by atoms with E-state index in [9.17, 15) is 0 Å². The van der Waals surface area contributed by atoms with Gasteiger partial charge < -0.3 is 20.1 Å². The topological polar surface area (TPSA) is 67.8 Å². The first-order valence-electron chi connectivity index (χ1n) is 9.94. The van der Waals surface area contributed by atoms with Crippen molar-refractivity contribution in [2.75, 3.05) is 19.8 Å². The number of benzene rings is 1. The molecule has 152 valence electrons. The number of aromatic nitrogens is 1. The number of nitrogens with zero attached hydrogens (tertiary/aromatic N) is 2. The minimum atomic E-state index is 0.0538. The predicted molar refractivity (Wildman–Crippen MR) is 114 cm³/mol. The van der Waals surface area contributed by atoms with Crippen LogP contribution in [-0.4, -0.2) is 30.7 Å². The Hall–Kier alpha value is -2.76. The van der Waals surface area contributed by atoms with Crippen LogP contribution in [0.5, 0.6) is 11.5 Å². The second-order valence-corrected chi connectivity index (χ2v) is 6.40. The van der Waals surface area contributed by atoms with E-state index in [1.165, 1.54) is 0 Å². The van der Waals surface area contributed by atoms with E-state index in [-0.39, 0.29) is 6.04 Å². The van der Waals surface area contributed by atoms with Gasteiger partial charge in [0.05, 0.1) is 31.5 Å². The number of guanidine groups is 1. The lowest BCUT2D eigenvalue weighted by Gasteiger charge is -2.20. The minimum absolute atomic E-state index is 0.0538. The third kappa shape index (κ3) is 6.44. The summed E-state index contributed by atoms with van der Waals surface area (Å²) in [4.78, 5) is 9.18. The van der Waals surface area contributed by atoms with E-state index in [1.807, 2.05) is 51.1 Å². The molecular weight excluding hydrogens is 352 g/mol. The predicted octanol–water partition coefficient (Wildman–Crippen LogP) is 4.00. The SMILES string of the molecule is CCNC(=NCc1cccc(C)n1)NC(C)c1ccc(OCC)c(OCC)c1. The fourth-order valence-electron chi connectivity index (χ4n) is 2.79. The average Bonchev–Trinajstić information content (AvgIpc) is 2.68. The molecule has 1 atom stereocenters. The Bertz CT molecular complexity index is 777. The van der Waals surface area contributed by atoms with Crippen molar-refractivity contribution in [3.63, 3.8) is 0 Å². The zero-order valence-electron chi connectivity index (χ0n) is 17.6. The third-order valence-corrected chi connectivity index (χ3v) is 4.11.